The first-order valence-corrected chi connectivity index (χ1v) is 6.24. The van der Waals surface area contributed by atoms with Crippen LogP contribution in [0.3, 0.4) is 0 Å². The molecule has 15 heavy (non-hydrogen) atoms. The second-order valence-electron chi connectivity index (χ2n) is 5.31. The second-order valence-corrected chi connectivity index (χ2v) is 5.31. The van der Waals surface area contributed by atoms with E-state index in [1.54, 1.807) is 0 Å². The molecule has 2 aliphatic rings. The van der Waals surface area contributed by atoms with Gasteiger partial charge in [0, 0.05) is 12.6 Å². The van der Waals surface area contributed by atoms with Gasteiger partial charge in [-0.15, -0.1) is 0 Å². The predicted molar refractivity (Wildman–Crippen MR) is 61.8 cm³/mol. The van der Waals surface area contributed by atoms with E-state index in [4.69, 9.17) is 10.5 Å². The Balaban J connectivity index is 1.72. The Kier molecular flexibility index (Phi) is 3.65. The van der Waals surface area contributed by atoms with Crippen molar-refractivity contribution in [3.8, 4) is 0 Å². The summed E-state index contributed by atoms with van der Waals surface area (Å²) in [5.74, 6) is 0. The lowest BCUT2D eigenvalue weighted by Crippen LogP contribution is -2.42. The van der Waals surface area contributed by atoms with Crippen LogP contribution >= 0.6 is 0 Å². The normalized spacial score (nSPS) is 29.4. The molecule has 88 valence electrons. The Bertz CT molecular complexity index is 192. The molecule has 2 N–H and O–H groups in total. The maximum absolute atomic E-state index is 5.87. The third kappa shape index (κ3) is 2.52. The zero-order chi connectivity index (χ0) is 10.7. The van der Waals surface area contributed by atoms with E-state index in [0.717, 1.165) is 19.8 Å². The summed E-state index contributed by atoms with van der Waals surface area (Å²) in [5, 5.41) is 0. The van der Waals surface area contributed by atoms with E-state index in [1.807, 2.05) is 0 Å². The number of likely N-dealkylation sites (N-methyl/N-ethyl adjacent to an activating group) is 1. The Morgan fingerprint density at radius 2 is 2.27 bits per heavy atom. The van der Waals surface area contributed by atoms with E-state index >= 15 is 0 Å². The quantitative estimate of drug-likeness (QED) is 0.745. The van der Waals surface area contributed by atoms with Gasteiger partial charge in [-0.25, -0.2) is 0 Å². The summed E-state index contributed by atoms with van der Waals surface area (Å²) in [6.45, 7) is 3.93. The topological polar surface area (TPSA) is 38.5 Å². The summed E-state index contributed by atoms with van der Waals surface area (Å²) in [5.41, 5.74) is 6.36. The van der Waals surface area contributed by atoms with Crippen molar-refractivity contribution in [1.82, 2.24) is 4.90 Å². The average molecular weight is 212 g/mol. The van der Waals surface area contributed by atoms with Gasteiger partial charge >= 0.3 is 0 Å². The standard InChI is InChI=1S/C12H24N2O/c1-14(11-3-8-15-9-11)7-6-12(10-13)4-2-5-12/h11H,2-10,13H2,1H3. The fraction of sp³-hybridized carbons (Fsp3) is 1.00. The van der Waals surface area contributed by atoms with E-state index in [1.165, 1.54) is 38.6 Å². The minimum absolute atomic E-state index is 0.494. The molecule has 2 fully saturated rings. The summed E-state index contributed by atoms with van der Waals surface area (Å²) >= 11 is 0. The molecule has 1 aliphatic heterocycles. The van der Waals surface area contributed by atoms with E-state index in [9.17, 15) is 0 Å². The molecule has 0 spiro atoms. The molecular weight excluding hydrogens is 188 g/mol. The van der Waals surface area contributed by atoms with Crippen LogP contribution in [0.25, 0.3) is 0 Å². The molecule has 1 atom stereocenters. The largest absolute Gasteiger partial charge is 0.380 e. The molecule has 1 saturated carbocycles. The summed E-state index contributed by atoms with van der Waals surface area (Å²) in [6, 6.07) is 0.653. The molecule has 1 saturated heterocycles. The van der Waals surface area contributed by atoms with Crippen molar-refractivity contribution in [3.05, 3.63) is 0 Å². The van der Waals surface area contributed by atoms with Crippen LogP contribution in [0.4, 0.5) is 0 Å². The summed E-state index contributed by atoms with van der Waals surface area (Å²) < 4.78 is 5.41. The van der Waals surface area contributed by atoms with Gasteiger partial charge in [0.25, 0.3) is 0 Å². The smallest absolute Gasteiger partial charge is 0.0622 e. The van der Waals surface area contributed by atoms with Gasteiger partial charge in [0.15, 0.2) is 0 Å². The van der Waals surface area contributed by atoms with Crippen LogP contribution in [0.2, 0.25) is 0 Å². The lowest BCUT2D eigenvalue weighted by atomic mass is 9.66. The zero-order valence-corrected chi connectivity index (χ0v) is 9.87. The second kappa shape index (κ2) is 4.81. The van der Waals surface area contributed by atoms with Gasteiger partial charge in [0.2, 0.25) is 0 Å². The molecule has 1 aliphatic carbocycles. The molecule has 1 heterocycles. The molecule has 1 unspecified atom stereocenters. The summed E-state index contributed by atoms with van der Waals surface area (Å²) in [6.07, 6.45) is 6.55. The SMILES string of the molecule is CN(CCC1(CN)CCC1)C1CCOC1. The van der Waals surface area contributed by atoms with Crippen LogP contribution in [-0.2, 0) is 4.74 Å². The van der Waals surface area contributed by atoms with E-state index in [2.05, 4.69) is 11.9 Å². The highest BCUT2D eigenvalue weighted by Crippen LogP contribution is 2.43. The average Bonchev–Trinajstić information content (AvgIpc) is 2.69. The number of nitrogens with two attached hydrogens (primary N) is 1. The van der Waals surface area contributed by atoms with Gasteiger partial charge in [0.05, 0.1) is 6.61 Å². The fourth-order valence-corrected chi connectivity index (χ4v) is 2.70. The molecule has 0 bridgehead atoms. The van der Waals surface area contributed by atoms with Gasteiger partial charge < -0.3 is 15.4 Å². The van der Waals surface area contributed by atoms with Gasteiger partial charge in [-0.05, 0) is 51.2 Å². The Morgan fingerprint density at radius 3 is 2.73 bits per heavy atom. The van der Waals surface area contributed by atoms with Gasteiger partial charge in [0.1, 0.15) is 0 Å². The third-order valence-electron chi connectivity index (χ3n) is 4.37. The maximum Gasteiger partial charge on any atom is 0.0622 e. The van der Waals surface area contributed by atoms with Gasteiger partial charge in [-0.3, -0.25) is 0 Å². The van der Waals surface area contributed by atoms with Gasteiger partial charge in [-0.1, -0.05) is 6.42 Å². The Morgan fingerprint density at radius 1 is 1.47 bits per heavy atom. The predicted octanol–water partition coefficient (Wildman–Crippen LogP) is 1.23. The van der Waals surface area contributed by atoms with Crippen molar-refractivity contribution in [1.29, 1.82) is 0 Å². The van der Waals surface area contributed by atoms with Crippen LogP contribution in [0, 0.1) is 5.41 Å². The number of nitrogens with zero attached hydrogens (tertiary/aromatic N) is 1. The molecule has 3 heteroatoms. The van der Waals surface area contributed by atoms with Crippen molar-refractivity contribution < 1.29 is 4.74 Å². The molecule has 0 radical (unpaired) electrons. The molecule has 0 aromatic carbocycles. The highest BCUT2D eigenvalue weighted by Gasteiger charge is 2.35. The van der Waals surface area contributed by atoms with E-state index in [0.29, 0.717) is 11.5 Å². The molecule has 0 aromatic rings. The zero-order valence-electron chi connectivity index (χ0n) is 9.87. The monoisotopic (exact) mass is 212 g/mol. The van der Waals surface area contributed by atoms with Crippen molar-refractivity contribution in [2.45, 2.75) is 38.1 Å². The van der Waals surface area contributed by atoms with Gasteiger partial charge in [-0.2, -0.15) is 0 Å². The van der Waals surface area contributed by atoms with E-state index in [-0.39, 0.29) is 0 Å². The van der Waals surface area contributed by atoms with Crippen LogP contribution < -0.4 is 5.73 Å². The lowest BCUT2D eigenvalue weighted by molar-refractivity contribution is 0.0960. The third-order valence-corrected chi connectivity index (χ3v) is 4.37. The molecular formula is C12H24N2O. The maximum atomic E-state index is 5.87. The van der Waals surface area contributed by atoms with Crippen molar-refractivity contribution in [2.75, 3.05) is 33.4 Å². The minimum atomic E-state index is 0.494. The van der Waals surface area contributed by atoms with Crippen molar-refractivity contribution >= 4 is 0 Å². The van der Waals surface area contributed by atoms with Crippen molar-refractivity contribution in [2.24, 2.45) is 11.1 Å². The van der Waals surface area contributed by atoms with Crippen molar-refractivity contribution in [3.63, 3.8) is 0 Å². The minimum Gasteiger partial charge on any atom is -0.380 e. The first-order chi connectivity index (χ1) is 7.26. The molecule has 2 rings (SSSR count). The Hall–Kier alpha value is -0.120. The number of hydrogen-bond acceptors (Lipinski definition) is 3. The first kappa shape index (κ1) is 11.4. The van der Waals surface area contributed by atoms with Crippen LogP contribution in [0.1, 0.15) is 32.1 Å². The summed E-state index contributed by atoms with van der Waals surface area (Å²) in [7, 11) is 2.22. The highest BCUT2D eigenvalue weighted by atomic mass is 16.5. The number of rotatable bonds is 5. The lowest BCUT2D eigenvalue weighted by Gasteiger charge is -2.42. The molecule has 0 aromatic heterocycles. The van der Waals surface area contributed by atoms with Crippen LogP contribution in [0.5, 0.6) is 0 Å². The number of ether oxygens (including phenoxy) is 1. The summed E-state index contributed by atoms with van der Waals surface area (Å²) in [4.78, 5) is 2.46. The highest BCUT2D eigenvalue weighted by molar-refractivity contribution is 4.89. The Labute approximate surface area is 93.0 Å². The van der Waals surface area contributed by atoms with Crippen LogP contribution in [-0.4, -0.2) is 44.3 Å². The van der Waals surface area contributed by atoms with Crippen LogP contribution in [0.15, 0.2) is 0 Å². The van der Waals surface area contributed by atoms with E-state index < -0.39 is 0 Å². The molecule has 0 amide bonds. The number of hydrogen-bond donors (Lipinski definition) is 1. The fourth-order valence-electron chi connectivity index (χ4n) is 2.70. The molecule has 3 nitrogen and oxygen atoms in total. The first-order valence-electron chi connectivity index (χ1n) is 6.24.